The second kappa shape index (κ2) is 8.79. The fourth-order valence-electron chi connectivity index (χ4n) is 1.30. The summed E-state index contributed by atoms with van der Waals surface area (Å²) in [5.41, 5.74) is 5.68. The van der Waals surface area contributed by atoms with E-state index in [-0.39, 0.29) is 18.3 Å². The number of nitrogens with two attached hydrogens (primary N) is 1. The fraction of sp³-hybridized carbons (Fsp3) is 0.500. The zero-order chi connectivity index (χ0) is 14.3. The van der Waals surface area contributed by atoms with Crippen LogP contribution in [0.1, 0.15) is 13.8 Å². The first-order valence-corrected chi connectivity index (χ1v) is 6.23. The van der Waals surface area contributed by atoms with Crippen LogP contribution in [-0.4, -0.2) is 32.8 Å². The minimum atomic E-state index is -0.590. The standard InChI is InChI=1S/C14H22N2O3.ClH/c1-14(2,10-15)13(17)16-11-5-4-6-12(9-11)19-8-7-18-3;/h4-6,9H,7-8,10,15H2,1-3H3,(H,16,17);1H. The quantitative estimate of drug-likeness (QED) is 0.756. The van der Waals surface area contributed by atoms with Crippen molar-refractivity contribution in [1.29, 1.82) is 0 Å². The lowest BCUT2D eigenvalue weighted by molar-refractivity contribution is -0.123. The molecule has 0 spiro atoms. The van der Waals surface area contributed by atoms with Gasteiger partial charge in [-0.3, -0.25) is 4.79 Å². The van der Waals surface area contributed by atoms with Gasteiger partial charge in [-0.2, -0.15) is 0 Å². The number of methoxy groups -OCH3 is 1. The Labute approximate surface area is 126 Å². The van der Waals surface area contributed by atoms with Gasteiger partial charge in [0, 0.05) is 25.4 Å². The van der Waals surface area contributed by atoms with Crippen molar-refractivity contribution in [3.05, 3.63) is 24.3 Å². The summed E-state index contributed by atoms with van der Waals surface area (Å²) in [4.78, 5) is 12.0. The van der Waals surface area contributed by atoms with Crippen LogP contribution in [0.3, 0.4) is 0 Å². The van der Waals surface area contributed by atoms with E-state index in [2.05, 4.69) is 5.32 Å². The van der Waals surface area contributed by atoms with Gasteiger partial charge in [-0.05, 0) is 26.0 Å². The van der Waals surface area contributed by atoms with Crippen LogP contribution in [0.4, 0.5) is 5.69 Å². The van der Waals surface area contributed by atoms with Gasteiger partial charge in [0.2, 0.25) is 5.91 Å². The Hall–Kier alpha value is -1.30. The number of carbonyl (C=O) groups is 1. The monoisotopic (exact) mass is 302 g/mol. The van der Waals surface area contributed by atoms with E-state index in [1.165, 1.54) is 0 Å². The molecule has 20 heavy (non-hydrogen) atoms. The molecule has 6 heteroatoms. The van der Waals surface area contributed by atoms with Crippen molar-refractivity contribution in [2.24, 2.45) is 11.1 Å². The van der Waals surface area contributed by atoms with Crippen molar-refractivity contribution >= 4 is 24.0 Å². The lowest BCUT2D eigenvalue weighted by Crippen LogP contribution is -2.37. The Morgan fingerprint density at radius 1 is 1.35 bits per heavy atom. The Morgan fingerprint density at radius 3 is 2.65 bits per heavy atom. The molecule has 0 unspecified atom stereocenters. The molecule has 0 aliphatic carbocycles. The number of carbonyl (C=O) groups excluding carboxylic acids is 1. The Balaban J connectivity index is 0.00000361. The molecule has 0 radical (unpaired) electrons. The molecule has 0 aromatic heterocycles. The summed E-state index contributed by atoms with van der Waals surface area (Å²) in [5.74, 6) is 0.587. The average molecular weight is 303 g/mol. The lowest BCUT2D eigenvalue weighted by atomic mass is 9.92. The van der Waals surface area contributed by atoms with E-state index in [9.17, 15) is 4.79 Å². The number of benzene rings is 1. The average Bonchev–Trinajstić information content (AvgIpc) is 2.39. The normalized spacial score (nSPS) is 10.6. The Morgan fingerprint density at radius 2 is 2.05 bits per heavy atom. The molecule has 5 nitrogen and oxygen atoms in total. The first-order chi connectivity index (χ1) is 8.99. The number of rotatable bonds is 7. The molecule has 114 valence electrons. The first kappa shape index (κ1) is 18.7. The van der Waals surface area contributed by atoms with Crippen molar-refractivity contribution in [1.82, 2.24) is 0 Å². The van der Waals surface area contributed by atoms with Gasteiger partial charge in [-0.25, -0.2) is 0 Å². The summed E-state index contributed by atoms with van der Waals surface area (Å²) in [7, 11) is 1.62. The summed E-state index contributed by atoms with van der Waals surface area (Å²) >= 11 is 0. The maximum Gasteiger partial charge on any atom is 0.231 e. The molecule has 1 aromatic rings. The number of nitrogens with one attached hydrogen (secondary N) is 1. The molecule has 0 fully saturated rings. The van der Waals surface area contributed by atoms with E-state index in [1.54, 1.807) is 27.0 Å². The molecule has 1 amide bonds. The molecule has 1 rings (SSSR count). The highest BCUT2D eigenvalue weighted by atomic mass is 35.5. The summed E-state index contributed by atoms with van der Waals surface area (Å²) in [6.07, 6.45) is 0. The number of ether oxygens (including phenoxy) is 2. The van der Waals surface area contributed by atoms with Gasteiger partial charge in [0.15, 0.2) is 0 Å². The molecular formula is C14H23ClN2O3. The van der Waals surface area contributed by atoms with E-state index < -0.39 is 5.41 Å². The highest BCUT2D eigenvalue weighted by Gasteiger charge is 2.25. The van der Waals surface area contributed by atoms with Crippen LogP contribution in [-0.2, 0) is 9.53 Å². The van der Waals surface area contributed by atoms with Crippen LogP contribution in [0, 0.1) is 5.41 Å². The van der Waals surface area contributed by atoms with E-state index in [0.717, 1.165) is 0 Å². The molecule has 0 aliphatic rings. The third-order valence-electron chi connectivity index (χ3n) is 2.77. The second-order valence-electron chi connectivity index (χ2n) is 4.91. The van der Waals surface area contributed by atoms with Crippen LogP contribution in [0.5, 0.6) is 5.75 Å². The molecule has 0 saturated carbocycles. The topological polar surface area (TPSA) is 73.6 Å². The molecular weight excluding hydrogens is 280 g/mol. The van der Waals surface area contributed by atoms with Gasteiger partial charge in [0.1, 0.15) is 12.4 Å². The first-order valence-electron chi connectivity index (χ1n) is 6.23. The molecule has 1 aromatic carbocycles. The lowest BCUT2D eigenvalue weighted by Gasteiger charge is -2.21. The van der Waals surface area contributed by atoms with Gasteiger partial charge in [-0.1, -0.05) is 6.07 Å². The van der Waals surface area contributed by atoms with Crippen LogP contribution in [0.15, 0.2) is 24.3 Å². The molecule has 0 heterocycles. The number of hydrogen-bond acceptors (Lipinski definition) is 4. The fourth-order valence-corrected chi connectivity index (χ4v) is 1.30. The number of halogens is 1. The van der Waals surface area contributed by atoms with Crippen LogP contribution in [0.2, 0.25) is 0 Å². The zero-order valence-corrected chi connectivity index (χ0v) is 13.0. The van der Waals surface area contributed by atoms with E-state index in [1.807, 2.05) is 18.2 Å². The van der Waals surface area contributed by atoms with Crippen molar-refractivity contribution in [3.63, 3.8) is 0 Å². The largest absolute Gasteiger partial charge is 0.491 e. The van der Waals surface area contributed by atoms with E-state index in [0.29, 0.717) is 31.2 Å². The molecule has 0 bridgehead atoms. The van der Waals surface area contributed by atoms with Crippen LogP contribution < -0.4 is 15.8 Å². The van der Waals surface area contributed by atoms with E-state index >= 15 is 0 Å². The molecule has 0 atom stereocenters. The summed E-state index contributed by atoms with van der Waals surface area (Å²) in [6, 6.07) is 7.25. The number of amides is 1. The molecule has 3 N–H and O–H groups in total. The van der Waals surface area contributed by atoms with Gasteiger partial charge >= 0.3 is 0 Å². The third-order valence-corrected chi connectivity index (χ3v) is 2.77. The minimum Gasteiger partial charge on any atom is -0.491 e. The summed E-state index contributed by atoms with van der Waals surface area (Å²) in [5, 5.41) is 2.83. The highest BCUT2D eigenvalue weighted by molar-refractivity contribution is 5.95. The Bertz CT molecular complexity index is 425. The van der Waals surface area contributed by atoms with Crippen molar-refractivity contribution < 1.29 is 14.3 Å². The second-order valence-corrected chi connectivity index (χ2v) is 4.91. The smallest absolute Gasteiger partial charge is 0.231 e. The van der Waals surface area contributed by atoms with Crippen molar-refractivity contribution in [2.75, 3.05) is 32.2 Å². The maximum absolute atomic E-state index is 12.0. The number of anilines is 1. The van der Waals surface area contributed by atoms with Gasteiger partial charge < -0.3 is 20.5 Å². The van der Waals surface area contributed by atoms with Gasteiger partial charge in [-0.15, -0.1) is 12.4 Å². The predicted molar refractivity (Wildman–Crippen MR) is 82.5 cm³/mol. The maximum atomic E-state index is 12.0. The van der Waals surface area contributed by atoms with Crippen LogP contribution >= 0.6 is 12.4 Å². The minimum absolute atomic E-state index is 0. The van der Waals surface area contributed by atoms with Crippen molar-refractivity contribution in [3.8, 4) is 5.75 Å². The van der Waals surface area contributed by atoms with Crippen LogP contribution in [0.25, 0.3) is 0 Å². The Kier molecular flexibility index (Phi) is 8.22. The highest BCUT2D eigenvalue weighted by Crippen LogP contribution is 2.20. The zero-order valence-electron chi connectivity index (χ0n) is 12.1. The van der Waals surface area contributed by atoms with E-state index in [4.69, 9.17) is 15.2 Å². The van der Waals surface area contributed by atoms with Gasteiger partial charge in [0.05, 0.1) is 12.0 Å². The van der Waals surface area contributed by atoms with Gasteiger partial charge in [0.25, 0.3) is 0 Å². The van der Waals surface area contributed by atoms with Crippen molar-refractivity contribution in [2.45, 2.75) is 13.8 Å². The summed E-state index contributed by atoms with van der Waals surface area (Å²) < 4.78 is 10.4. The third kappa shape index (κ3) is 5.77. The summed E-state index contributed by atoms with van der Waals surface area (Å²) in [6.45, 7) is 4.91. The number of hydrogen-bond donors (Lipinski definition) is 2. The molecule has 0 aliphatic heterocycles. The molecule has 0 saturated heterocycles. The SMILES string of the molecule is COCCOc1cccc(NC(=O)C(C)(C)CN)c1.Cl. The predicted octanol–water partition coefficient (Wildman–Crippen LogP) is 2.06.